The Hall–Kier alpha value is -0.200. The second-order valence-electron chi connectivity index (χ2n) is 3.89. The first-order valence-electron chi connectivity index (χ1n) is 4.57. The van der Waals surface area contributed by atoms with Crippen LogP contribution >= 0.6 is 0 Å². The van der Waals surface area contributed by atoms with E-state index in [1.807, 2.05) is 4.90 Å². The van der Waals surface area contributed by atoms with Crippen molar-refractivity contribution in [3.05, 3.63) is 0 Å². The van der Waals surface area contributed by atoms with Gasteiger partial charge in [0.05, 0.1) is 30.5 Å². The lowest BCUT2D eigenvalue weighted by Gasteiger charge is -2.37. The summed E-state index contributed by atoms with van der Waals surface area (Å²) in [5, 5.41) is 37.8. The Morgan fingerprint density at radius 2 is 1.54 bits per heavy atom. The van der Waals surface area contributed by atoms with Gasteiger partial charge in [0, 0.05) is 13.1 Å². The molecule has 5 unspecified atom stereocenters. The van der Waals surface area contributed by atoms with Gasteiger partial charge in [-0.2, -0.15) is 0 Å². The molecule has 0 bridgehead atoms. The van der Waals surface area contributed by atoms with Crippen LogP contribution in [0.3, 0.4) is 0 Å². The van der Waals surface area contributed by atoms with Crippen molar-refractivity contribution in [2.24, 2.45) is 0 Å². The van der Waals surface area contributed by atoms with Crippen LogP contribution in [0.1, 0.15) is 6.42 Å². The highest BCUT2D eigenvalue weighted by Crippen LogP contribution is 2.27. The average molecular weight is 189 g/mol. The Labute approximate surface area is 76.2 Å². The Bertz CT molecular complexity index is 199. The largest absolute Gasteiger partial charge is 0.390 e. The molecule has 2 fully saturated rings. The summed E-state index contributed by atoms with van der Waals surface area (Å²) in [5.74, 6) is 0. The predicted molar refractivity (Wildman–Crippen MR) is 44.0 cm³/mol. The van der Waals surface area contributed by atoms with E-state index in [-0.39, 0.29) is 0 Å². The highest BCUT2D eigenvalue weighted by atomic mass is 16.4. The van der Waals surface area contributed by atoms with E-state index in [0.717, 1.165) is 0 Å². The summed E-state index contributed by atoms with van der Waals surface area (Å²) >= 11 is 0. The van der Waals surface area contributed by atoms with E-state index in [1.54, 1.807) is 0 Å². The fourth-order valence-corrected chi connectivity index (χ4v) is 2.27. The van der Waals surface area contributed by atoms with Gasteiger partial charge in [-0.05, 0) is 6.42 Å². The quantitative estimate of drug-likeness (QED) is 0.339. The molecule has 5 atom stereocenters. The molecule has 2 heterocycles. The summed E-state index contributed by atoms with van der Waals surface area (Å²) in [6, 6.07) is -0.501. The van der Waals surface area contributed by atoms with Crippen molar-refractivity contribution >= 4 is 0 Å². The Balaban J connectivity index is 2.14. The van der Waals surface area contributed by atoms with Gasteiger partial charge in [-0.15, -0.1) is 0 Å². The molecule has 5 heteroatoms. The van der Waals surface area contributed by atoms with E-state index in [2.05, 4.69) is 0 Å². The molecule has 0 amide bonds. The molecule has 5 nitrogen and oxygen atoms in total. The molecule has 13 heavy (non-hydrogen) atoms. The second-order valence-corrected chi connectivity index (χ2v) is 3.89. The highest BCUT2D eigenvalue weighted by molar-refractivity contribution is 5.02. The van der Waals surface area contributed by atoms with Crippen LogP contribution in [0.4, 0.5) is 0 Å². The third kappa shape index (κ3) is 1.37. The van der Waals surface area contributed by atoms with Gasteiger partial charge in [0.25, 0.3) is 0 Å². The zero-order valence-corrected chi connectivity index (χ0v) is 7.24. The molecule has 2 saturated heterocycles. The van der Waals surface area contributed by atoms with Gasteiger partial charge in [-0.3, -0.25) is 4.90 Å². The van der Waals surface area contributed by atoms with E-state index in [1.165, 1.54) is 0 Å². The van der Waals surface area contributed by atoms with Crippen molar-refractivity contribution in [3.8, 4) is 0 Å². The topological polar surface area (TPSA) is 84.2 Å². The average Bonchev–Trinajstić information content (AvgIpc) is 2.37. The van der Waals surface area contributed by atoms with Gasteiger partial charge < -0.3 is 20.4 Å². The molecule has 2 rings (SSSR count). The van der Waals surface area contributed by atoms with Gasteiger partial charge in [0.2, 0.25) is 0 Å². The summed E-state index contributed by atoms with van der Waals surface area (Å²) in [4.78, 5) is 1.83. The molecule has 4 N–H and O–H groups in total. The van der Waals surface area contributed by atoms with Crippen molar-refractivity contribution in [3.63, 3.8) is 0 Å². The van der Waals surface area contributed by atoms with E-state index in [0.29, 0.717) is 19.5 Å². The fraction of sp³-hybridized carbons (Fsp3) is 1.00. The molecule has 0 saturated carbocycles. The van der Waals surface area contributed by atoms with Crippen molar-refractivity contribution < 1.29 is 20.4 Å². The number of nitrogens with zero attached hydrogens (tertiary/aromatic N) is 1. The molecular formula is C8H15NO4. The lowest BCUT2D eigenvalue weighted by atomic mass is 9.94. The van der Waals surface area contributed by atoms with Crippen LogP contribution in [0.25, 0.3) is 0 Å². The lowest BCUT2D eigenvalue weighted by molar-refractivity contribution is -0.0907. The summed E-state index contributed by atoms with van der Waals surface area (Å²) in [7, 11) is 0. The summed E-state index contributed by atoms with van der Waals surface area (Å²) in [6.45, 7) is 1.01. The Morgan fingerprint density at radius 1 is 0.923 bits per heavy atom. The van der Waals surface area contributed by atoms with Crippen LogP contribution in [0.5, 0.6) is 0 Å². The van der Waals surface area contributed by atoms with Crippen molar-refractivity contribution in [2.75, 3.05) is 13.1 Å². The maximum atomic E-state index is 9.57. The van der Waals surface area contributed by atoms with Gasteiger partial charge >= 0.3 is 0 Å². The van der Waals surface area contributed by atoms with Gasteiger partial charge in [-0.25, -0.2) is 0 Å². The summed E-state index contributed by atoms with van der Waals surface area (Å²) in [6.07, 6.45) is -2.96. The predicted octanol–water partition coefficient (Wildman–Crippen LogP) is -2.48. The van der Waals surface area contributed by atoms with Crippen molar-refractivity contribution in [1.29, 1.82) is 0 Å². The standard InChI is InChI=1S/C8H15NO4/c10-4-1-2-9-3-5(11)8(13)6(9)7(4)12/h4-8,10-13H,1-3H2. The lowest BCUT2D eigenvalue weighted by Crippen LogP contribution is -2.55. The Morgan fingerprint density at radius 3 is 2.23 bits per heavy atom. The molecule has 0 aromatic heterocycles. The number of hydrogen-bond donors (Lipinski definition) is 4. The van der Waals surface area contributed by atoms with E-state index in [9.17, 15) is 20.4 Å². The van der Waals surface area contributed by atoms with Gasteiger partial charge in [-0.1, -0.05) is 0 Å². The Kier molecular flexibility index (Phi) is 2.29. The third-order valence-electron chi connectivity index (χ3n) is 3.04. The number of rotatable bonds is 0. The van der Waals surface area contributed by atoms with Crippen LogP contribution < -0.4 is 0 Å². The normalized spacial score (nSPS) is 52.2. The molecule has 0 aliphatic carbocycles. The van der Waals surface area contributed by atoms with Crippen LogP contribution in [-0.2, 0) is 0 Å². The van der Waals surface area contributed by atoms with E-state index < -0.39 is 30.5 Å². The van der Waals surface area contributed by atoms with Crippen LogP contribution in [0.2, 0.25) is 0 Å². The van der Waals surface area contributed by atoms with Gasteiger partial charge in [0.15, 0.2) is 0 Å². The van der Waals surface area contributed by atoms with E-state index >= 15 is 0 Å². The maximum absolute atomic E-state index is 9.57. The minimum absolute atomic E-state index is 0.385. The number of aliphatic hydroxyl groups excluding tert-OH is 4. The fourth-order valence-electron chi connectivity index (χ4n) is 2.27. The molecule has 0 aromatic rings. The second kappa shape index (κ2) is 3.18. The summed E-state index contributed by atoms with van der Waals surface area (Å²) < 4.78 is 0. The van der Waals surface area contributed by atoms with E-state index in [4.69, 9.17) is 0 Å². The molecule has 2 aliphatic rings. The third-order valence-corrected chi connectivity index (χ3v) is 3.04. The minimum Gasteiger partial charge on any atom is -0.390 e. The first-order valence-corrected chi connectivity index (χ1v) is 4.57. The zero-order valence-electron chi connectivity index (χ0n) is 7.24. The number of fused-ring (bicyclic) bond motifs is 1. The molecule has 0 radical (unpaired) electrons. The SMILES string of the molecule is OC1CCN2CC(O)C(O)C2C1O. The number of piperidine rings is 1. The van der Waals surface area contributed by atoms with Crippen LogP contribution in [-0.4, -0.2) is 68.9 Å². The van der Waals surface area contributed by atoms with Crippen LogP contribution in [0.15, 0.2) is 0 Å². The van der Waals surface area contributed by atoms with Gasteiger partial charge in [0.1, 0.15) is 0 Å². The minimum atomic E-state index is -0.944. The molecule has 0 aromatic carbocycles. The van der Waals surface area contributed by atoms with Crippen molar-refractivity contribution in [1.82, 2.24) is 4.90 Å². The molecular weight excluding hydrogens is 174 g/mol. The highest BCUT2D eigenvalue weighted by Gasteiger charge is 2.48. The number of aliphatic hydroxyl groups is 4. The molecule has 2 aliphatic heterocycles. The smallest absolute Gasteiger partial charge is 0.0992 e. The van der Waals surface area contributed by atoms with Crippen molar-refractivity contribution in [2.45, 2.75) is 36.9 Å². The monoisotopic (exact) mass is 189 g/mol. The maximum Gasteiger partial charge on any atom is 0.0992 e. The first kappa shape index (κ1) is 9.36. The summed E-state index contributed by atoms with van der Waals surface area (Å²) in [5.41, 5.74) is 0. The zero-order chi connectivity index (χ0) is 9.59. The molecule has 76 valence electrons. The molecule has 0 spiro atoms. The first-order chi connectivity index (χ1) is 6.11. The number of hydrogen-bond acceptors (Lipinski definition) is 5. The van der Waals surface area contributed by atoms with Crippen LogP contribution in [0, 0.1) is 0 Å².